The van der Waals surface area contributed by atoms with Crippen LogP contribution in [-0.4, -0.2) is 11.5 Å². The van der Waals surface area contributed by atoms with E-state index in [0.717, 1.165) is 46.4 Å². The molecule has 0 amide bonds. The summed E-state index contributed by atoms with van der Waals surface area (Å²) >= 11 is 3.57. The molecule has 0 unspecified atom stereocenters. The minimum Gasteiger partial charge on any atom is -0.439 e. The zero-order valence-corrected chi connectivity index (χ0v) is 14.3. The van der Waals surface area contributed by atoms with Gasteiger partial charge in [0.25, 0.3) is 0 Å². The van der Waals surface area contributed by atoms with Crippen molar-refractivity contribution >= 4 is 15.9 Å². The van der Waals surface area contributed by atoms with Gasteiger partial charge in [0.15, 0.2) is 0 Å². The van der Waals surface area contributed by atoms with Crippen molar-refractivity contribution in [3.63, 3.8) is 0 Å². The van der Waals surface area contributed by atoms with Crippen LogP contribution in [0, 0.1) is 13.8 Å². The third-order valence-corrected chi connectivity index (χ3v) is 4.47. The molecule has 2 rings (SSSR count). The van der Waals surface area contributed by atoms with Gasteiger partial charge in [-0.25, -0.2) is 4.98 Å². The molecule has 0 aliphatic rings. The van der Waals surface area contributed by atoms with Crippen molar-refractivity contribution in [2.24, 2.45) is 0 Å². The molecule has 3 nitrogen and oxygen atoms in total. The Labute approximate surface area is 134 Å². The van der Waals surface area contributed by atoms with Crippen LogP contribution in [0.5, 0.6) is 11.6 Å². The van der Waals surface area contributed by atoms with Gasteiger partial charge in [-0.15, -0.1) is 0 Å². The maximum Gasteiger partial charge on any atom is 0.223 e. The standard InChI is InChI=1S/C17H21BrN2O/c1-4-7-19-11-14-6-5-8-20-17(14)21-15-9-12(2)16(18)13(3)10-15/h5-6,8-10,19H,4,7,11H2,1-3H3. The van der Waals surface area contributed by atoms with E-state index in [0.29, 0.717) is 5.88 Å². The predicted molar refractivity (Wildman–Crippen MR) is 89.9 cm³/mol. The second-order valence-electron chi connectivity index (χ2n) is 5.12. The van der Waals surface area contributed by atoms with Crippen molar-refractivity contribution in [3.8, 4) is 11.6 Å². The Bertz CT molecular complexity index is 590. The zero-order chi connectivity index (χ0) is 15.2. The summed E-state index contributed by atoms with van der Waals surface area (Å²) in [6.45, 7) is 8.04. The van der Waals surface area contributed by atoms with Crippen molar-refractivity contribution in [1.29, 1.82) is 0 Å². The number of nitrogens with one attached hydrogen (secondary N) is 1. The molecule has 1 heterocycles. The van der Waals surface area contributed by atoms with Gasteiger partial charge in [-0.3, -0.25) is 0 Å². The molecule has 21 heavy (non-hydrogen) atoms. The molecule has 4 heteroatoms. The number of aromatic nitrogens is 1. The molecule has 0 aliphatic carbocycles. The van der Waals surface area contributed by atoms with Crippen molar-refractivity contribution < 1.29 is 4.74 Å². The number of hydrogen-bond acceptors (Lipinski definition) is 3. The highest BCUT2D eigenvalue weighted by molar-refractivity contribution is 9.10. The average Bonchev–Trinajstić information content (AvgIpc) is 2.47. The summed E-state index contributed by atoms with van der Waals surface area (Å²) < 4.78 is 7.11. The summed E-state index contributed by atoms with van der Waals surface area (Å²) in [7, 11) is 0. The summed E-state index contributed by atoms with van der Waals surface area (Å²) in [4.78, 5) is 4.36. The van der Waals surface area contributed by atoms with Gasteiger partial charge in [-0.1, -0.05) is 28.9 Å². The van der Waals surface area contributed by atoms with Crippen LogP contribution in [0.1, 0.15) is 30.0 Å². The molecule has 0 bridgehead atoms. The number of aryl methyl sites for hydroxylation is 2. The fraction of sp³-hybridized carbons (Fsp3) is 0.353. The Morgan fingerprint density at radius 1 is 1.24 bits per heavy atom. The fourth-order valence-electron chi connectivity index (χ4n) is 2.13. The second kappa shape index (κ2) is 7.57. The molecule has 0 aliphatic heterocycles. The van der Waals surface area contributed by atoms with Gasteiger partial charge in [0.2, 0.25) is 5.88 Å². The van der Waals surface area contributed by atoms with Crippen LogP contribution < -0.4 is 10.1 Å². The van der Waals surface area contributed by atoms with E-state index in [4.69, 9.17) is 4.74 Å². The number of hydrogen-bond donors (Lipinski definition) is 1. The highest BCUT2D eigenvalue weighted by atomic mass is 79.9. The van der Waals surface area contributed by atoms with E-state index < -0.39 is 0 Å². The lowest BCUT2D eigenvalue weighted by Gasteiger charge is -2.12. The summed E-state index contributed by atoms with van der Waals surface area (Å²) in [5.74, 6) is 1.49. The zero-order valence-electron chi connectivity index (χ0n) is 12.7. The third kappa shape index (κ3) is 4.29. The Kier molecular flexibility index (Phi) is 5.76. The molecule has 0 fully saturated rings. The van der Waals surface area contributed by atoms with Crippen LogP contribution >= 0.6 is 15.9 Å². The Morgan fingerprint density at radius 3 is 2.62 bits per heavy atom. The minimum absolute atomic E-state index is 0.669. The van der Waals surface area contributed by atoms with Crippen molar-refractivity contribution in [3.05, 3.63) is 51.6 Å². The van der Waals surface area contributed by atoms with Crippen molar-refractivity contribution in [2.45, 2.75) is 33.7 Å². The maximum atomic E-state index is 5.98. The Balaban J connectivity index is 2.19. The number of nitrogens with zero attached hydrogens (tertiary/aromatic N) is 1. The van der Waals surface area contributed by atoms with Gasteiger partial charge in [0, 0.05) is 22.8 Å². The molecule has 2 aromatic rings. The average molecular weight is 349 g/mol. The molecule has 0 radical (unpaired) electrons. The summed E-state index contributed by atoms with van der Waals surface area (Å²) in [6, 6.07) is 8.03. The lowest BCUT2D eigenvalue weighted by Crippen LogP contribution is -2.14. The van der Waals surface area contributed by atoms with Crippen LogP contribution in [0.25, 0.3) is 0 Å². The quantitative estimate of drug-likeness (QED) is 0.764. The molecule has 112 valence electrons. The molecular weight excluding hydrogens is 328 g/mol. The molecule has 0 saturated heterocycles. The van der Waals surface area contributed by atoms with Gasteiger partial charge in [-0.05, 0) is 56.1 Å². The van der Waals surface area contributed by atoms with E-state index in [9.17, 15) is 0 Å². The van der Waals surface area contributed by atoms with Crippen LogP contribution in [0.15, 0.2) is 34.9 Å². The summed E-state index contributed by atoms with van der Waals surface area (Å²) in [5, 5.41) is 3.38. The minimum atomic E-state index is 0.669. The van der Waals surface area contributed by atoms with Gasteiger partial charge in [0.05, 0.1) is 0 Å². The lowest BCUT2D eigenvalue weighted by molar-refractivity contribution is 0.452. The Morgan fingerprint density at radius 2 is 1.95 bits per heavy atom. The molecule has 0 atom stereocenters. The van der Waals surface area contributed by atoms with E-state index in [2.05, 4.69) is 47.0 Å². The van der Waals surface area contributed by atoms with E-state index in [-0.39, 0.29) is 0 Å². The summed E-state index contributed by atoms with van der Waals surface area (Å²) in [5.41, 5.74) is 3.39. The first-order valence-corrected chi connectivity index (χ1v) is 8.00. The fourth-order valence-corrected chi connectivity index (χ4v) is 2.36. The smallest absolute Gasteiger partial charge is 0.223 e. The molecule has 0 saturated carbocycles. The van der Waals surface area contributed by atoms with Crippen LogP contribution in [0.4, 0.5) is 0 Å². The van der Waals surface area contributed by atoms with Gasteiger partial charge in [-0.2, -0.15) is 0 Å². The third-order valence-electron chi connectivity index (χ3n) is 3.22. The molecule has 0 spiro atoms. The van der Waals surface area contributed by atoms with Gasteiger partial charge in [0.1, 0.15) is 5.75 Å². The van der Waals surface area contributed by atoms with Crippen LogP contribution in [-0.2, 0) is 6.54 Å². The largest absolute Gasteiger partial charge is 0.439 e. The molecule has 1 aromatic carbocycles. The van der Waals surface area contributed by atoms with E-state index in [1.165, 1.54) is 0 Å². The van der Waals surface area contributed by atoms with E-state index >= 15 is 0 Å². The number of benzene rings is 1. The number of halogens is 1. The lowest BCUT2D eigenvalue weighted by atomic mass is 10.1. The topological polar surface area (TPSA) is 34.2 Å². The first-order chi connectivity index (χ1) is 10.1. The first-order valence-electron chi connectivity index (χ1n) is 7.21. The number of rotatable bonds is 6. The van der Waals surface area contributed by atoms with E-state index in [1.807, 2.05) is 24.3 Å². The van der Waals surface area contributed by atoms with Crippen molar-refractivity contribution in [1.82, 2.24) is 10.3 Å². The highest BCUT2D eigenvalue weighted by Crippen LogP contribution is 2.29. The normalized spacial score (nSPS) is 10.7. The monoisotopic (exact) mass is 348 g/mol. The van der Waals surface area contributed by atoms with Crippen molar-refractivity contribution in [2.75, 3.05) is 6.54 Å². The highest BCUT2D eigenvalue weighted by Gasteiger charge is 2.08. The second-order valence-corrected chi connectivity index (χ2v) is 5.91. The SMILES string of the molecule is CCCNCc1cccnc1Oc1cc(C)c(Br)c(C)c1. The predicted octanol–water partition coefficient (Wildman–Crippen LogP) is 4.75. The first kappa shape index (κ1) is 16.0. The maximum absolute atomic E-state index is 5.98. The molecule has 1 aromatic heterocycles. The van der Waals surface area contributed by atoms with Gasteiger partial charge >= 0.3 is 0 Å². The molecule has 1 N–H and O–H groups in total. The molecular formula is C17H21BrN2O. The summed E-state index contributed by atoms with van der Waals surface area (Å²) in [6.07, 6.45) is 2.87. The van der Waals surface area contributed by atoms with Crippen LogP contribution in [0.3, 0.4) is 0 Å². The van der Waals surface area contributed by atoms with Crippen LogP contribution in [0.2, 0.25) is 0 Å². The number of pyridine rings is 1. The number of ether oxygens (including phenoxy) is 1. The Hall–Kier alpha value is -1.39. The van der Waals surface area contributed by atoms with Gasteiger partial charge < -0.3 is 10.1 Å². The van der Waals surface area contributed by atoms with E-state index in [1.54, 1.807) is 6.20 Å².